The minimum absolute atomic E-state index is 0.707. The molecule has 0 aromatic carbocycles. The quantitative estimate of drug-likeness (QED) is 0.804. The molecule has 90 valence electrons. The summed E-state index contributed by atoms with van der Waals surface area (Å²) in [6.07, 6.45) is 4.45. The third-order valence-electron chi connectivity index (χ3n) is 3.15. The fraction of sp³-hybridized carbons (Fsp3) is 0.500. The second kappa shape index (κ2) is 4.29. The summed E-state index contributed by atoms with van der Waals surface area (Å²) in [5.41, 5.74) is 2.45. The SMILES string of the molecule is CON=C1CN(c2ncc(Br)cc2C2CC2)C1. The van der Waals surface area contributed by atoms with Crippen LogP contribution in [0.5, 0.6) is 0 Å². The summed E-state index contributed by atoms with van der Waals surface area (Å²) in [6.45, 7) is 1.67. The average Bonchev–Trinajstić information content (AvgIpc) is 3.07. The second-order valence-electron chi connectivity index (χ2n) is 4.54. The number of hydrogen-bond acceptors (Lipinski definition) is 4. The first-order valence-electron chi connectivity index (χ1n) is 5.77. The molecule has 2 fully saturated rings. The van der Waals surface area contributed by atoms with Gasteiger partial charge in [0.25, 0.3) is 0 Å². The summed E-state index contributed by atoms with van der Waals surface area (Å²) in [7, 11) is 1.59. The Morgan fingerprint density at radius 1 is 1.47 bits per heavy atom. The number of rotatable bonds is 3. The minimum atomic E-state index is 0.707. The van der Waals surface area contributed by atoms with Crippen molar-refractivity contribution in [3.63, 3.8) is 0 Å². The van der Waals surface area contributed by atoms with Crippen LogP contribution in [0, 0.1) is 0 Å². The highest BCUT2D eigenvalue weighted by Crippen LogP contribution is 2.44. The van der Waals surface area contributed by atoms with Gasteiger partial charge in [0.1, 0.15) is 12.9 Å². The van der Waals surface area contributed by atoms with E-state index in [0.29, 0.717) is 5.92 Å². The van der Waals surface area contributed by atoms with E-state index < -0.39 is 0 Å². The van der Waals surface area contributed by atoms with Crippen LogP contribution in [-0.2, 0) is 4.84 Å². The van der Waals surface area contributed by atoms with E-state index >= 15 is 0 Å². The number of pyridine rings is 1. The molecule has 0 N–H and O–H groups in total. The van der Waals surface area contributed by atoms with Crippen molar-refractivity contribution in [3.05, 3.63) is 22.3 Å². The first-order chi connectivity index (χ1) is 8.28. The van der Waals surface area contributed by atoms with Crippen LogP contribution in [0.4, 0.5) is 5.82 Å². The fourth-order valence-corrected chi connectivity index (χ4v) is 2.49. The number of anilines is 1. The van der Waals surface area contributed by atoms with Gasteiger partial charge >= 0.3 is 0 Å². The summed E-state index contributed by atoms with van der Waals surface area (Å²) < 4.78 is 1.06. The maximum atomic E-state index is 4.77. The van der Waals surface area contributed by atoms with Crippen molar-refractivity contribution >= 4 is 27.5 Å². The maximum absolute atomic E-state index is 4.77. The van der Waals surface area contributed by atoms with Gasteiger partial charge in [0.15, 0.2) is 0 Å². The summed E-state index contributed by atoms with van der Waals surface area (Å²) in [6, 6.07) is 2.20. The summed E-state index contributed by atoms with van der Waals surface area (Å²) in [5.74, 6) is 1.82. The monoisotopic (exact) mass is 295 g/mol. The van der Waals surface area contributed by atoms with Gasteiger partial charge in [0, 0.05) is 10.7 Å². The molecular weight excluding hydrogens is 282 g/mol. The maximum Gasteiger partial charge on any atom is 0.132 e. The third kappa shape index (κ3) is 2.16. The molecule has 0 atom stereocenters. The molecule has 4 nitrogen and oxygen atoms in total. The first-order valence-corrected chi connectivity index (χ1v) is 6.56. The molecule has 1 saturated heterocycles. The van der Waals surface area contributed by atoms with Crippen molar-refractivity contribution in [2.75, 3.05) is 25.1 Å². The van der Waals surface area contributed by atoms with Crippen molar-refractivity contribution < 1.29 is 4.84 Å². The lowest BCUT2D eigenvalue weighted by molar-refractivity contribution is 0.211. The predicted octanol–water partition coefficient (Wildman–Crippen LogP) is 2.54. The Kier molecular flexibility index (Phi) is 2.78. The van der Waals surface area contributed by atoms with E-state index in [1.54, 1.807) is 7.11 Å². The Morgan fingerprint density at radius 3 is 2.88 bits per heavy atom. The van der Waals surface area contributed by atoms with Crippen LogP contribution in [0.3, 0.4) is 0 Å². The molecule has 1 aliphatic carbocycles. The van der Waals surface area contributed by atoms with Gasteiger partial charge in [-0.25, -0.2) is 4.98 Å². The van der Waals surface area contributed by atoms with Crippen molar-refractivity contribution in [2.45, 2.75) is 18.8 Å². The van der Waals surface area contributed by atoms with E-state index in [4.69, 9.17) is 4.84 Å². The largest absolute Gasteiger partial charge is 0.399 e. The molecule has 1 aromatic rings. The van der Waals surface area contributed by atoms with E-state index in [1.807, 2.05) is 6.20 Å². The average molecular weight is 296 g/mol. The van der Waals surface area contributed by atoms with Crippen LogP contribution < -0.4 is 4.90 Å². The lowest BCUT2D eigenvalue weighted by Gasteiger charge is -2.34. The molecule has 1 saturated carbocycles. The molecule has 0 bridgehead atoms. The molecule has 2 aliphatic rings. The lowest BCUT2D eigenvalue weighted by Crippen LogP contribution is -2.48. The van der Waals surface area contributed by atoms with E-state index in [2.05, 4.69) is 37.0 Å². The smallest absolute Gasteiger partial charge is 0.132 e. The molecule has 0 unspecified atom stereocenters. The molecule has 1 aromatic heterocycles. The molecule has 0 amide bonds. The van der Waals surface area contributed by atoms with E-state index in [-0.39, 0.29) is 0 Å². The fourth-order valence-electron chi connectivity index (χ4n) is 2.14. The zero-order valence-electron chi connectivity index (χ0n) is 9.69. The Balaban J connectivity index is 1.81. The van der Waals surface area contributed by atoms with Gasteiger partial charge in [-0.05, 0) is 46.3 Å². The Labute approximate surface area is 109 Å². The van der Waals surface area contributed by atoms with E-state index in [0.717, 1.165) is 29.1 Å². The zero-order chi connectivity index (χ0) is 11.8. The highest BCUT2D eigenvalue weighted by molar-refractivity contribution is 9.10. The molecule has 5 heteroatoms. The summed E-state index contributed by atoms with van der Waals surface area (Å²) >= 11 is 3.49. The number of halogens is 1. The van der Waals surface area contributed by atoms with Gasteiger partial charge in [-0.2, -0.15) is 0 Å². The number of nitrogens with zero attached hydrogens (tertiary/aromatic N) is 3. The van der Waals surface area contributed by atoms with Crippen molar-refractivity contribution in [1.29, 1.82) is 0 Å². The van der Waals surface area contributed by atoms with Crippen LogP contribution in [0.2, 0.25) is 0 Å². The van der Waals surface area contributed by atoms with E-state index in [1.165, 1.54) is 18.4 Å². The predicted molar refractivity (Wildman–Crippen MR) is 70.6 cm³/mol. The number of hydrogen-bond donors (Lipinski definition) is 0. The molecular formula is C12H14BrN3O. The van der Waals surface area contributed by atoms with Gasteiger partial charge in [-0.1, -0.05) is 5.16 Å². The topological polar surface area (TPSA) is 37.7 Å². The van der Waals surface area contributed by atoms with Gasteiger partial charge in [-0.15, -0.1) is 0 Å². The number of oxime groups is 1. The van der Waals surface area contributed by atoms with Gasteiger partial charge in [-0.3, -0.25) is 0 Å². The van der Waals surface area contributed by atoms with Crippen LogP contribution in [0.1, 0.15) is 24.3 Å². The van der Waals surface area contributed by atoms with Gasteiger partial charge in [0.2, 0.25) is 0 Å². The molecule has 3 rings (SSSR count). The van der Waals surface area contributed by atoms with Crippen molar-refractivity contribution in [2.24, 2.45) is 5.16 Å². The standard InChI is InChI=1S/C12H14BrN3O/c1-17-15-10-6-16(7-10)12-11(8-2-3-8)4-9(13)5-14-12/h4-5,8H,2-3,6-7H2,1H3. The third-order valence-corrected chi connectivity index (χ3v) is 3.58. The zero-order valence-corrected chi connectivity index (χ0v) is 11.3. The first kappa shape index (κ1) is 11.0. The Hall–Kier alpha value is -1.10. The Bertz CT molecular complexity index is 463. The highest BCUT2D eigenvalue weighted by atomic mass is 79.9. The Morgan fingerprint density at radius 2 is 2.24 bits per heavy atom. The van der Waals surface area contributed by atoms with Crippen LogP contribution >= 0.6 is 15.9 Å². The summed E-state index contributed by atoms with van der Waals surface area (Å²) in [5, 5.41) is 3.95. The normalized spacial score (nSPS) is 18.9. The minimum Gasteiger partial charge on any atom is -0.399 e. The van der Waals surface area contributed by atoms with Gasteiger partial charge in [0.05, 0.1) is 18.8 Å². The van der Waals surface area contributed by atoms with Crippen LogP contribution in [0.15, 0.2) is 21.9 Å². The molecule has 17 heavy (non-hydrogen) atoms. The van der Waals surface area contributed by atoms with E-state index in [9.17, 15) is 0 Å². The molecule has 2 heterocycles. The molecule has 1 aliphatic heterocycles. The number of aromatic nitrogens is 1. The second-order valence-corrected chi connectivity index (χ2v) is 5.45. The summed E-state index contributed by atoms with van der Waals surface area (Å²) in [4.78, 5) is 11.6. The van der Waals surface area contributed by atoms with Crippen LogP contribution in [-0.4, -0.2) is 30.9 Å². The lowest BCUT2D eigenvalue weighted by atomic mass is 10.1. The highest BCUT2D eigenvalue weighted by Gasteiger charge is 2.32. The van der Waals surface area contributed by atoms with Gasteiger partial charge < -0.3 is 9.74 Å². The molecule has 0 radical (unpaired) electrons. The van der Waals surface area contributed by atoms with Crippen molar-refractivity contribution in [3.8, 4) is 0 Å². The van der Waals surface area contributed by atoms with Crippen LogP contribution in [0.25, 0.3) is 0 Å². The van der Waals surface area contributed by atoms with Crippen molar-refractivity contribution in [1.82, 2.24) is 4.98 Å². The molecule has 0 spiro atoms.